The number of hydrogen-bond acceptors (Lipinski definition) is 3. The van der Waals surface area contributed by atoms with Crippen LogP contribution >= 0.6 is 0 Å². The van der Waals surface area contributed by atoms with Gasteiger partial charge in [-0.15, -0.1) is 0 Å². The zero-order valence-electron chi connectivity index (χ0n) is 10.5. The summed E-state index contributed by atoms with van der Waals surface area (Å²) in [6, 6.07) is 4.37. The van der Waals surface area contributed by atoms with E-state index in [0.717, 1.165) is 31.9 Å². The topological polar surface area (TPSA) is 47.3 Å². The van der Waals surface area contributed by atoms with E-state index in [1.165, 1.54) is 12.1 Å². The predicted octanol–water partition coefficient (Wildman–Crippen LogP) is 2.88. The fourth-order valence-corrected chi connectivity index (χ4v) is 1.41. The van der Waals surface area contributed by atoms with Crippen molar-refractivity contribution in [3.8, 4) is 0 Å². The first-order chi connectivity index (χ1) is 8.09. The number of halogens is 1. The molecule has 0 atom stereocenters. The quantitative estimate of drug-likeness (QED) is 0.569. The highest BCUT2D eigenvalue weighted by molar-refractivity contribution is 5.65. The van der Waals surface area contributed by atoms with Gasteiger partial charge in [0.15, 0.2) is 0 Å². The average molecular weight is 240 g/mol. The molecule has 0 aliphatic heterocycles. The van der Waals surface area contributed by atoms with Gasteiger partial charge >= 0.3 is 0 Å². The van der Waals surface area contributed by atoms with Gasteiger partial charge in [-0.25, -0.2) is 4.39 Å². The number of nitrogen functional groups attached to an aromatic ring is 1. The van der Waals surface area contributed by atoms with Crippen LogP contribution in [-0.2, 0) is 4.74 Å². The summed E-state index contributed by atoms with van der Waals surface area (Å²) < 4.78 is 18.2. The van der Waals surface area contributed by atoms with Crippen LogP contribution in [0.25, 0.3) is 0 Å². The fourth-order valence-electron chi connectivity index (χ4n) is 1.41. The minimum atomic E-state index is -0.312. The van der Waals surface area contributed by atoms with E-state index >= 15 is 0 Å². The molecular formula is C13H21FN2O. The largest absolute Gasteiger partial charge is 0.397 e. The highest BCUT2D eigenvalue weighted by atomic mass is 19.1. The second-order valence-electron chi connectivity index (χ2n) is 4.48. The maximum atomic E-state index is 12.8. The highest BCUT2D eigenvalue weighted by Crippen LogP contribution is 2.18. The van der Waals surface area contributed by atoms with Crippen molar-refractivity contribution < 1.29 is 9.13 Å². The lowest BCUT2D eigenvalue weighted by Gasteiger charge is -2.10. The van der Waals surface area contributed by atoms with Crippen LogP contribution in [0.5, 0.6) is 0 Å². The number of ether oxygens (including phenoxy) is 1. The molecule has 0 amide bonds. The summed E-state index contributed by atoms with van der Waals surface area (Å²) in [6.45, 7) is 6.54. The summed E-state index contributed by atoms with van der Waals surface area (Å²) in [5.74, 6) is 0.254. The Bertz CT molecular complexity index is 342. The van der Waals surface area contributed by atoms with E-state index in [1.54, 1.807) is 6.07 Å². The Hall–Kier alpha value is -1.29. The molecular weight excluding hydrogens is 219 g/mol. The van der Waals surface area contributed by atoms with Crippen molar-refractivity contribution in [2.75, 3.05) is 30.8 Å². The van der Waals surface area contributed by atoms with E-state index in [0.29, 0.717) is 11.6 Å². The van der Waals surface area contributed by atoms with E-state index in [-0.39, 0.29) is 5.82 Å². The van der Waals surface area contributed by atoms with Crippen LogP contribution in [0.1, 0.15) is 20.3 Å². The third-order valence-corrected chi connectivity index (χ3v) is 2.25. The Balaban J connectivity index is 2.18. The maximum absolute atomic E-state index is 12.8. The number of nitrogens with one attached hydrogen (secondary N) is 1. The van der Waals surface area contributed by atoms with Crippen molar-refractivity contribution in [2.45, 2.75) is 20.3 Å². The Morgan fingerprint density at radius 3 is 2.82 bits per heavy atom. The summed E-state index contributed by atoms with van der Waals surface area (Å²) in [5.41, 5.74) is 6.88. The molecule has 96 valence electrons. The summed E-state index contributed by atoms with van der Waals surface area (Å²) in [5, 5.41) is 3.16. The molecule has 0 saturated heterocycles. The van der Waals surface area contributed by atoms with Gasteiger partial charge in [0.2, 0.25) is 0 Å². The van der Waals surface area contributed by atoms with Gasteiger partial charge in [-0.05, 0) is 30.5 Å². The molecule has 0 fully saturated rings. The number of rotatable bonds is 7. The second-order valence-corrected chi connectivity index (χ2v) is 4.48. The standard InChI is InChI=1S/C13H21FN2O/c1-10(2)9-17-7-3-6-16-13-5-4-11(14)8-12(13)15/h4-5,8,10,16H,3,6-7,9,15H2,1-2H3. The van der Waals surface area contributed by atoms with Crippen molar-refractivity contribution in [1.29, 1.82) is 0 Å². The van der Waals surface area contributed by atoms with E-state index < -0.39 is 0 Å². The smallest absolute Gasteiger partial charge is 0.125 e. The van der Waals surface area contributed by atoms with Crippen molar-refractivity contribution in [2.24, 2.45) is 5.92 Å². The molecule has 0 heterocycles. The molecule has 1 rings (SSSR count). The Labute approximate surface area is 102 Å². The molecule has 1 aromatic rings. The minimum absolute atomic E-state index is 0.312. The molecule has 0 aromatic heterocycles. The van der Waals surface area contributed by atoms with Crippen LogP contribution in [0.3, 0.4) is 0 Å². The second kappa shape index (κ2) is 7.12. The van der Waals surface area contributed by atoms with Gasteiger partial charge in [0.05, 0.1) is 11.4 Å². The van der Waals surface area contributed by atoms with Gasteiger partial charge in [0.25, 0.3) is 0 Å². The first-order valence-electron chi connectivity index (χ1n) is 5.96. The molecule has 0 unspecified atom stereocenters. The third-order valence-electron chi connectivity index (χ3n) is 2.25. The highest BCUT2D eigenvalue weighted by Gasteiger charge is 1.99. The molecule has 4 heteroatoms. The monoisotopic (exact) mass is 240 g/mol. The number of anilines is 2. The normalized spacial score (nSPS) is 10.8. The van der Waals surface area contributed by atoms with Crippen molar-refractivity contribution in [3.63, 3.8) is 0 Å². The van der Waals surface area contributed by atoms with Gasteiger partial charge in [0.1, 0.15) is 5.82 Å². The van der Waals surface area contributed by atoms with Crippen molar-refractivity contribution in [1.82, 2.24) is 0 Å². The zero-order chi connectivity index (χ0) is 12.7. The summed E-state index contributed by atoms with van der Waals surface area (Å²) in [4.78, 5) is 0. The molecule has 0 saturated carbocycles. The van der Waals surface area contributed by atoms with Gasteiger partial charge in [-0.3, -0.25) is 0 Å². The molecule has 3 nitrogen and oxygen atoms in total. The summed E-state index contributed by atoms with van der Waals surface area (Å²) >= 11 is 0. The average Bonchev–Trinajstić information content (AvgIpc) is 2.25. The molecule has 3 N–H and O–H groups in total. The number of hydrogen-bond donors (Lipinski definition) is 2. The summed E-state index contributed by atoms with van der Waals surface area (Å²) in [7, 11) is 0. The Morgan fingerprint density at radius 1 is 1.41 bits per heavy atom. The SMILES string of the molecule is CC(C)COCCCNc1ccc(F)cc1N. The lowest BCUT2D eigenvalue weighted by molar-refractivity contribution is 0.110. The van der Waals surface area contributed by atoms with Crippen molar-refractivity contribution >= 4 is 11.4 Å². The predicted molar refractivity (Wildman–Crippen MR) is 69.6 cm³/mol. The van der Waals surface area contributed by atoms with Crippen LogP contribution in [0.15, 0.2) is 18.2 Å². The summed E-state index contributed by atoms with van der Waals surface area (Å²) in [6.07, 6.45) is 0.906. The van der Waals surface area contributed by atoms with Crippen LogP contribution < -0.4 is 11.1 Å². The Kier molecular flexibility index (Phi) is 5.77. The molecule has 0 aliphatic carbocycles. The molecule has 1 aromatic carbocycles. The lowest BCUT2D eigenvalue weighted by atomic mass is 10.2. The van der Waals surface area contributed by atoms with E-state index in [4.69, 9.17) is 10.5 Å². The zero-order valence-corrected chi connectivity index (χ0v) is 10.5. The van der Waals surface area contributed by atoms with E-state index in [2.05, 4.69) is 19.2 Å². The maximum Gasteiger partial charge on any atom is 0.125 e. The Morgan fingerprint density at radius 2 is 2.18 bits per heavy atom. The minimum Gasteiger partial charge on any atom is -0.397 e. The van der Waals surface area contributed by atoms with Gasteiger partial charge in [0, 0.05) is 19.8 Å². The number of nitrogens with two attached hydrogens (primary N) is 1. The molecule has 0 radical (unpaired) electrons. The number of benzene rings is 1. The van der Waals surface area contributed by atoms with E-state index in [9.17, 15) is 4.39 Å². The van der Waals surface area contributed by atoms with Gasteiger partial charge in [-0.1, -0.05) is 13.8 Å². The van der Waals surface area contributed by atoms with Crippen LogP contribution in [0.4, 0.5) is 15.8 Å². The lowest BCUT2D eigenvalue weighted by Crippen LogP contribution is -2.09. The van der Waals surface area contributed by atoms with Crippen LogP contribution in [0.2, 0.25) is 0 Å². The third kappa shape index (κ3) is 5.54. The van der Waals surface area contributed by atoms with Gasteiger partial charge in [-0.2, -0.15) is 0 Å². The molecule has 0 aliphatic rings. The molecule has 0 bridgehead atoms. The molecule has 17 heavy (non-hydrogen) atoms. The van der Waals surface area contributed by atoms with E-state index in [1.807, 2.05) is 0 Å². The van der Waals surface area contributed by atoms with Gasteiger partial charge < -0.3 is 15.8 Å². The molecule has 0 spiro atoms. The first-order valence-corrected chi connectivity index (χ1v) is 5.96. The van der Waals surface area contributed by atoms with Crippen LogP contribution in [0, 0.1) is 11.7 Å². The van der Waals surface area contributed by atoms with Crippen LogP contribution in [-0.4, -0.2) is 19.8 Å². The van der Waals surface area contributed by atoms with Crippen molar-refractivity contribution in [3.05, 3.63) is 24.0 Å². The fraction of sp³-hybridized carbons (Fsp3) is 0.538. The first kappa shape index (κ1) is 13.8.